The fourth-order valence-electron chi connectivity index (χ4n) is 1.30. The molecule has 0 saturated heterocycles. The molecule has 0 saturated carbocycles. The highest BCUT2D eigenvalue weighted by atomic mass is 79.9. The Labute approximate surface area is 106 Å². The molecule has 0 radical (unpaired) electrons. The van der Waals surface area contributed by atoms with Crippen molar-refractivity contribution in [3.05, 3.63) is 34.3 Å². The number of nitrogens with two attached hydrogens (primary N) is 1. The van der Waals surface area contributed by atoms with Gasteiger partial charge in [0.15, 0.2) is 0 Å². The van der Waals surface area contributed by atoms with Crippen molar-refractivity contribution < 1.29 is 0 Å². The first-order valence-electron chi connectivity index (χ1n) is 4.75. The van der Waals surface area contributed by atoms with E-state index in [1.807, 2.05) is 12.1 Å². The van der Waals surface area contributed by atoms with Crippen LogP contribution in [-0.4, -0.2) is 15.2 Å². The summed E-state index contributed by atoms with van der Waals surface area (Å²) in [6.45, 7) is 2.11. The van der Waals surface area contributed by atoms with Crippen LogP contribution in [0, 0.1) is 0 Å². The van der Waals surface area contributed by atoms with Crippen molar-refractivity contribution in [1.29, 1.82) is 0 Å². The zero-order chi connectivity index (χ0) is 11.5. The molecule has 0 aliphatic heterocycles. The van der Waals surface area contributed by atoms with Crippen molar-refractivity contribution in [1.82, 2.24) is 15.2 Å². The zero-order valence-electron chi connectivity index (χ0n) is 8.64. The van der Waals surface area contributed by atoms with Crippen LogP contribution in [0.4, 0.5) is 5.95 Å². The number of aromatic nitrogens is 3. The number of rotatable bonds is 3. The Morgan fingerprint density at radius 2 is 2.31 bits per heavy atom. The van der Waals surface area contributed by atoms with Crippen LogP contribution in [0.2, 0.25) is 0 Å². The molecule has 6 heteroatoms. The van der Waals surface area contributed by atoms with Gasteiger partial charge in [-0.05, 0) is 24.6 Å². The second kappa shape index (κ2) is 4.88. The number of nitrogen functional groups attached to an aromatic ring is 1. The summed E-state index contributed by atoms with van der Waals surface area (Å²) in [5.41, 5.74) is 6.69. The van der Waals surface area contributed by atoms with Gasteiger partial charge < -0.3 is 5.73 Å². The van der Waals surface area contributed by atoms with Gasteiger partial charge in [-0.2, -0.15) is 4.98 Å². The summed E-state index contributed by atoms with van der Waals surface area (Å²) in [5.74, 6) is 0.351. The number of aromatic amines is 1. The van der Waals surface area contributed by atoms with E-state index >= 15 is 0 Å². The van der Waals surface area contributed by atoms with Crippen LogP contribution in [0.3, 0.4) is 0 Å². The Hall–Kier alpha value is -1.01. The topological polar surface area (TPSA) is 67.6 Å². The first-order valence-corrected chi connectivity index (χ1v) is 6.42. The summed E-state index contributed by atoms with van der Waals surface area (Å²) in [4.78, 5) is 4.06. The largest absolute Gasteiger partial charge is 0.368 e. The molecule has 0 aliphatic carbocycles. The quantitative estimate of drug-likeness (QED) is 0.855. The van der Waals surface area contributed by atoms with Crippen molar-refractivity contribution in [2.24, 2.45) is 0 Å². The molecule has 3 N–H and O–H groups in total. The van der Waals surface area contributed by atoms with E-state index in [4.69, 9.17) is 5.73 Å². The first-order chi connectivity index (χ1) is 7.65. The van der Waals surface area contributed by atoms with E-state index in [9.17, 15) is 0 Å². The summed E-state index contributed by atoms with van der Waals surface area (Å²) in [6, 6.07) is 8.20. The third-order valence-corrected chi connectivity index (χ3v) is 3.59. The van der Waals surface area contributed by atoms with Crippen LogP contribution in [-0.2, 0) is 0 Å². The summed E-state index contributed by atoms with van der Waals surface area (Å²) in [6.07, 6.45) is 0. The number of anilines is 1. The minimum absolute atomic E-state index is 0.285. The van der Waals surface area contributed by atoms with Crippen molar-refractivity contribution in [3.63, 3.8) is 0 Å². The molecule has 0 unspecified atom stereocenters. The standard InChI is InChI=1S/C10H11BrN4S/c1-6(7-3-2-4-8(11)5-7)16-10-13-9(12)14-15-10/h2-6H,1H3,(H3,12,13,14,15)/t6-/m0/s1. The van der Waals surface area contributed by atoms with Gasteiger partial charge in [0.2, 0.25) is 11.1 Å². The number of benzene rings is 1. The van der Waals surface area contributed by atoms with Gasteiger partial charge in [-0.3, -0.25) is 0 Å². The molecule has 1 aromatic carbocycles. The van der Waals surface area contributed by atoms with Crippen LogP contribution in [0.25, 0.3) is 0 Å². The monoisotopic (exact) mass is 298 g/mol. The van der Waals surface area contributed by atoms with Crippen molar-refractivity contribution >= 4 is 33.6 Å². The second-order valence-corrected chi connectivity index (χ2v) is 5.54. The second-order valence-electron chi connectivity index (χ2n) is 3.32. The molecular weight excluding hydrogens is 288 g/mol. The highest BCUT2D eigenvalue weighted by Crippen LogP contribution is 2.33. The van der Waals surface area contributed by atoms with Crippen LogP contribution in [0.15, 0.2) is 33.9 Å². The molecule has 0 bridgehead atoms. The molecule has 0 fully saturated rings. The van der Waals surface area contributed by atoms with Crippen molar-refractivity contribution in [2.75, 3.05) is 5.73 Å². The predicted octanol–water partition coefficient (Wildman–Crippen LogP) is 3.00. The third-order valence-electron chi connectivity index (χ3n) is 2.08. The number of H-pyrrole nitrogens is 1. The third kappa shape index (κ3) is 2.76. The van der Waals surface area contributed by atoms with Crippen LogP contribution in [0.1, 0.15) is 17.7 Å². The van der Waals surface area contributed by atoms with Gasteiger partial charge in [-0.25, -0.2) is 5.10 Å². The Morgan fingerprint density at radius 3 is 2.94 bits per heavy atom. The van der Waals surface area contributed by atoms with Gasteiger partial charge in [0.05, 0.1) is 0 Å². The Bertz CT molecular complexity index is 485. The molecule has 4 nitrogen and oxygen atoms in total. The van der Waals surface area contributed by atoms with Crippen LogP contribution in [0.5, 0.6) is 0 Å². The van der Waals surface area contributed by atoms with Gasteiger partial charge >= 0.3 is 0 Å². The Morgan fingerprint density at radius 1 is 1.50 bits per heavy atom. The molecule has 2 rings (SSSR count). The zero-order valence-corrected chi connectivity index (χ0v) is 11.0. The molecule has 84 valence electrons. The lowest BCUT2D eigenvalue weighted by atomic mass is 10.2. The lowest BCUT2D eigenvalue weighted by molar-refractivity contribution is 0.960. The smallest absolute Gasteiger partial charge is 0.216 e. The molecule has 1 aromatic heterocycles. The number of hydrogen-bond donors (Lipinski definition) is 2. The number of thioether (sulfide) groups is 1. The molecule has 16 heavy (non-hydrogen) atoms. The Kier molecular flexibility index (Phi) is 3.50. The molecular formula is C10H11BrN4S. The minimum Gasteiger partial charge on any atom is -0.368 e. The van der Waals surface area contributed by atoms with Gasteiger partial charge in [0, 0.05) is 9.72 Å². The SMILES string of the molecule is C[C@H](Sc1n[nH]c(N)n1)c1cccc(Br)c1. The summed E-state index contributed by atoms with van der Waals surface area (Å²) < 4.78 is 1.08. The first kappa shape index (κ1) is 11.5. The van der Waals surface area contributed by atoms with Crippen molar-refractivity contribution in [2.45, 2.75) is 17.3 Å². The highest BCUT2D eigenvalue weighted by Gasteiger charge is 2.10. The van der Waals surface area contributed by atoms with Crippen molar-refractivity contribution in [3.8, 4) is 0 Å². The molecule has 0 spiro atoms. The maximum Gasteiger partial charge on any atom is 0.216 e. The summed E-state index contributed by atoms with van der Waals surface area (Å²) in [7, 11) is 0. The number of nitrogens with zero attached hydrogens (tertiary/aromatic N) is 2. The van der Waals surface area contributed by atoms with Crippen LogP contribution < -0.4 is 5.73 Å². The molecule has 1 heterocycles. The average Bonchev–Trinajstić information content (AvgIpc) is 2.64. The minimum atomic E-state index is 0.285. The fourth-order valence-corrected chi connectivity index (χ4v) is 2.56. The maximum absolute atomic E-state index is 5.47. The van der Waals surface area contributed by atoms with E-state index in [-0.39, 0.29) is 5.25 Å². The lowest BCUT2D eigenvalue weighted by Gasteiger charge is -2.08. The average molecular weight is 299 g/mol. The van der Waals surface area contributed by atoms with E-state index in [0.29, 0.717) is 11.1 Å². The molecule has 1 atom stereocenters. The van der Waals surface area contributed by atoms with Gasteiger partial charge in [-0.1, -0.05) is 39.8 Å². The number of halogens is 1. The lowest BCUT2D eigenvalue weighted by Crippen LogP contribution is -1.89. The summed E-state index contributed by atoms with van der Waals surface area (Å²) >= 11 is 5.03. The van der Waals surface area contributed by atoms with Gasteiger partial charge in [-0.15, -0.1) is 5.10 Å². The van der Waals surface area contributed by atoms with E-state index in [0.717, 1.165) is 4.47 Å². The summed E-state index contributed by atoms with van der Waals surface area (Å²) in [5, 5.41) is 7.57. The fraction of sp³-hybridized carbons (Fsp3) is 0.200. The predicted molar refractivity (Wildman–Crippen MR) is 69.2 cm³/mol. The van der Waals surface area contributed by atoms with E-state index in [2.05, 4.69) is 50.2 Å². The van der Waals surface area contributed by atoms with Crippen LogP contribution >= 0.6 is 27.7 Å². The number of nitrogens with one attached hydrogen (secondary N) is 1. The normalized spacial score (nSPS) is 12.6. The number of hydrogen-bond acceptors (Lipinski definition) is 4. The van der Waals surface area contributed by atoms with E-state index in [1.54, 1.807) is 11.8 Å². The van der Waals surface area contributed by atoms with E-state index in [1.165, 1.54) is 5.56 Å². The molecule has 0 amide bonds. The Balaban J connectivity index is 2.11. The van der Waals surface area contributed by atoms with Gasteiger partial charge in [0.1, 0.15) is 0 Å². The molecule has 2 aromatic rings. The molecule has 0 aliphatic rings. The van der Waals surface area contributed by atoms with Gasteiger partial charge in [0.25, 0.3) is 0 Å². The maximum atomic E-state index is 5.47. The highest BCUT2D eigenvalue weighted by molar-refractivity contribution is 9.10. The van der Waals surface area contributed by atoms with E-state index < -0.39 is 0 Å².